The van der Waals surface area contributed by atoms with Gasteiger partial charge in [0.05, 0.1) is 10.0 Å². The normalized spacial score (nSPS) is 11.0. The predicted molar refractivity (Wildman–Crippen MR) is 121 cm³/mol. The third-order valence-electron chi connectivity index (χ3n) is 4.24. The Labute approximate surface area is 189 Å². The van der Waals surface area contributed by atoms with Gasteiger partial charge < -0.3 is 10.1 Å². The number of nitrogens with one attached hydrogen (secondary N) is 1. The van der Waals surface area contributed by atoms with Crippen molar-refractivity contribution in [1.82, 2.24) is 0 Å². The Kier molecular flexibility index (Phi) is 7.30. The lowest BCUT2D eigenvalue weighted by Crippen LogP contribution is -2.13. The molecule has 0 aliphatic heterocycles. The summed E-state index contributed by atoms with van der Waals surface area (Å²) in [6.07, 6.45) is 1.39. The fraction of sp³-hybridized carbons (Fsp3) is 0.0833. The summed E-state index contributed by atoms with van der Waals surface area (Å²) in [5.74, 6) is -0.689. The lowest BCUT2D eigenvalue weighted by molar-refractivity contribution is -0.112. The highest BCUT2D eigenvalue weighted by atomic mass is 35.5. The van der Waals surface area contributed by atoms with E-state index in [-0.39, 0.29) is 33.8 Å². The van der Waals surface area contributed by atoms with E-state index in [0.29, 0.717) is 16.8 Å². The van der Waals surface area contributed by atoms with E-state index in [1.807, 2.05) is 25.1 Å². The van der Waals surface area contributed by atoms with Gasteiger partial charge in [-0.15, -0.1) is 0 Å². The quantitative estimate of drug-likeness (QED) is 0.338. The molecule has 3 aromatic rings. The minimum atomic E-state index is -0.549. The van der Waals surface area contributed by atoms with Gasteiger partial charge in [-0.05, 0) is 66.1 Å². The van der Waals surface area contributed by atoms with Crippen molar-refractivity contribution in [3.05, 3.63) is 98.8 Å². The van der Waals surface area contributed by atoms with E-state index in [4.69, 9.17) is 27.9 Å². The fourth-order valence-electron chi connectivity index (χ4n) is 2.82. The van der Waals surface area contributed by atoms with Crippen LogP contribution in [0.2, 0.25) is 10.0 Å². The zero-order valence-electron chi connectivity index (χ0n) is 16.5. The Morgan fingerprint density at radius 3 is 2.48 bits per heavy atom. The molecule has 1 N–H and O–H groups in total. The first-order valence-electron chi connectivity index (χ1n) is 9.22. The van der Waals surface area contributed by atoms with Gasteiger partial charge in [-0.3, -0.25) is 4.79 Å². The first-order chi connectivity index (χ1) is 14.9. The first-order valence-corrected chi connectivity index (χ1v) is 9.97. The molecule has 0 unspecified atom stereocenters. The van der Waals surface area contributed by atoms with E-state index in [2.05, 4.69) is 5.32 Å². The van der Waals surface area contributed by atoms with Gasteiger partial charge in [0.2, 0.25) is 0 Å². The molecule has 0 aromatic heterocycles. The summed E-state index contributed by atoms with van der Waals surface area (Å²) in [6, 6.07) is 18.2. The summed E-state index contributed by atoms with van der Waals surface area (Å²) >= 11 is 12.6. The molecule has 0 aliphatic rings. The number of rotatable bonds is 6. The largest absolute Gasteiger partial charge is 0.486 e. The number of hydrogen-bond donors (Lipinski definition) is 1. The van der Waals surface area contributed by atoms with Gasteiger partial charge in [-0.2, -0.15) is 5.26 Å². The number of nitriles is 1. The molecule has 3 rings (SSSR count). The number of ether oxygens (including phenoxy) is 1. The third kappa shape index (κ3) is 6.08. The molecule has 4 nitrogen and oxygen atoms in total. The molecule has 3 aromatic carbocycles. The van der Waals surface area contributed by atoms with Crippen LogP contribution in [0.1, 0.15) is 16.7 Å². The number of hydrogen-bond acceptors (Lipinski definition) is 3. The van der Waals surface area contributed by atoms with Crippen molar-refractivity contribution in [2.75, 3.05) is 5.32 Å². The molecule has 0 saturated carbocycles. The zero-order valence-corrected chi connectivity index (χ0v) is 18.0. The van der Waals surface area contributed by atoms with Crippen molar-refractivity contribution < 1.29 is 13.9 Å². The molecular formula is C24H17Cl2FN2O2. The molecule has 0 atom stereocenters. The van der Waals surface area contributed by atoms with Gasteiger partial charge in [-0.25, -0.2) is 4.39 Å². The molecule has 31 heavy (non-hydrogen) atoms. The smallest absolute Gasteiger partial charge is 0.266 e. The van der Waals surface area contributed by atoms with Crippen molar-refractivity contribution in [3.8, 4) is 11.8 Å². The maximum Gasteiger partial charge on any atom is 0.266 e. The summed E-state index contributed by atoms with van der Waals surface area (Å²) in [5, 5.41) is 12.5. The molecule has 0 bridgehead atoms. The van der Waals surface area contributed by atoms with Crippen molar-refractivity contribution >= 4 is 40.9 Å². The number of anilines is 1. The van der Waals surface area contributed by atoms with Crippen LogP contribution in [-0.2, 0) is 11.4 Å². The maximum absolute atomic E-state index is 13.3. The number of aryl methyl sites for hydroxylation is 1. The summed E-state index contributed by atoms with van der Waals surface area (Å²) in [4.78, 5) is 12.5. The Hall–Kier alpha value is -3.33. The van der Waals surface area contributed by atoms with Crippen molar-refractivity contribution in [2.24, 2.45) is 0 Å². The second-order valence-corrected chi connectivity index (χ2v) is 7.54. The zero-order chi connectivity index (χ0) is 22.4. The molecule has 0 saturated heterocycles. The van der Waals surface area contributed by atoms with Crippen molar-refractivity contribution in [3.63, 3.8) is 0 Å². The summed E-state index contributed by atoms with van der Waals surface area (Å²) in [6.45, 7) is 1.98. The monoisotopic (exact) mass is 454 g/mol. The summed E-state index contributed by atoms with van der Waals surface area (Å²) in [7, 11) is 0. The topological polar surface area (TPSA) is 62.1 Å². The second-order valence-electron chi connectivity index (χ2n) is 6.73. The van der Waals surface area contributed by atoms with Gasteiger partial charge in [0, 0.05) is 5.69 Å². The van der Waals surface area contributed by atoms with Gasteiger partial charge in [0.15, 0.2) is 5.75 Å². The van der Waals surface area contributed by atoms with Gasteiger partial charge in [0.1, 0.15) is 24.1 Å². The molecule has 0 aliphatic carbocycles. The predicted octanol–water partition coefficient (Wildman–Crippen LogP) is 6.57. The van der Waals surface area contributed by atoms with Crippen LogP contribution in [0.25, 0.3) is 6.08 Å². The average molecular weight is 455 g/mol. The van der Waals surface area contributed by atoms with Gasteiger partial charge >= 0.3 is 0 Å². The van der Waals surface area contributed by atoms with Crippen LogP contribution >= 0.6 is 23.2 Å². The van der Waals surface area contributed by atoms with Gasteiger partial charge in [-0.1, -0.05) is 47.5 Å². The Bertz CT molecular complexity index is 1180. The number of halogens is 3. The van der Waals surface area contributed by atoms with Crippen LogP contribution in [-0.4, -0.2) is 5.91 Å². The highest BCUT2D eigenvalue weighted by molar-refractivity contribution is 6.37. The molecule has 0 spiro atoms. The van der Waals surface area contributed by atoms with Crippen LogP contribution in [0.4, 0.5) is 10.1 Å². The van der Waals surface area contributed by atoms with E-state index in [1.165, 1.54) is 30.3 Å². The Morgan fingerprint density at radius 2 is 1.84 bits per heavy atom. The Balaban J connectivity index is 1.77. The SMILES string of the molecule is Cc1cccc(NC(=O)/C(C#N)=C\c2cc(Cl)c(OCc3cccc(F)c3)c(Cl)c2)c1. The van der Waals surface area contributed by atoms with E-state index in [0.717, 1.165) is 5.56 Å². The lowest BCUT2D eigenvalue weighted by atomic mass is 10.1. The van der Waals surface area contributed by atoms with E-state index < -0.39 is 5.91 Å². The highest BCUT2D eigenvalue weighted by Gasteiger charge is 2.13. The first kappa shape index (κ1) is 22.4. The van der Waals surface area contributed by atoms with Crippen LogP contribution in [0.3, 0.4) is 0 Å². The lowest BCUT2D eigenvalue weighted by Gasteiger charge is -2.11. The molecule has 0 fully saturated rings. The fourth-order valence-corrected chi connectivity index (χ4v) is 3.43. The minimum absolute atomic E-state index is 0.0781. The maximum atomic E-state index is 13.3. The minimum Gasteiger partial charge on any atom is -0.486 e. The van der Waals surface area contributed by atoms with Crippen molar-refractivity contribution in [1.29, 1.82) is 5.26 Å². The Morgan fingerprint density at radius 1 is 1.13 bits per heavy atom. The third-order valence-corrected chi connectivity index (χ3v) is 4.81. The number of amides is 1. The molecule has 1 amide bonds. The molecular weight excluding hydrogens is 438 g/mol. The summed E-state index contributed by atoms with van der Waals surface area (Å²) in [5.41, 5.74) is 2.54. The summed E-state index contributed by atoms with van der Waals surface area (Å²) < 4.78 is 18.9. The van der Waals surface area contributed by atoms with Crippen molar-refractivity contribution in [2.45, 2.75) is 13.5 Å². The van der Waals surface area contributed by atoms with Gasteiger partial charge in [0.25, 0.3) is 5.91 Å². The van der Waals surface area contributed by atoms with Crippen LogP contribution in [0.5, 0.6) is 5.75 Å². The van der Waals surface area contributed by atoms with Crippen LogP contribution in [0, 0.1) is 24.1 Å². The number of nitrogens with zero attached hydrogens (tertiary/aromatic N) is 1. The van der Waals surface area contributed by atoms with Crippen LogP contribution in [0.15, 0.2) is 66.2 Å². The van der Waals surface area contributed by atoms with E-state index >= 15 is 0 Å². The number of carbonyl (C=O) groups excluding carboxylic acids is 1. The second kappa shape index (κ2) is 10.1. The number of benzene rings is 3. The molecule has 0 heterocycles. The van der Waals surface area contributed by atoms with Crippen LogP contribution < -0.4 is 10.1 Å². The highest BCUT2D eigenvalue weighted by Crippen LogP contribution is 2.35. The average Bonchev–Trinajstić information content (AvgIpc) is 2.71. The molecule has 156 valence electrons. The number of carbonyl (C=O) groups is 1. The molecule has 7 heteroatoms. The standard InChI is InChI=1S/C24H17Cl2FN2O2/c1-15-4-2-7-20(8-15)29-24(30)18(13-28)9-17-11-21(25)23(22(26)12-17)31-14-16-5-3-6-19(27)10-16/h2-12H,14H2,1H3,(H,29,30)/b18-9-. The van der Waals surface area contributed by atoms with E-state index in [1.54, 1.807) is 24.3 Å². The molecule has 0 radical (unpaired) electrons. The van der Waals surface area contributed by atoms with E-state index in [9.17, 15) is 14.4 Å².